The van der Waals surface area contributed by atoms with Crippen molar-refractivity contribution in [3.63, 3.8) is 0 Å². The third-order valence-corrected chi connectivity index (χ3v) is 2.96. The SMILES string of the molecule is COc1ccc(-c2cnc3ccccc3n2)c(OC)n1. The van der Waals surface area contributed by atoms with Gasteiger partial charge in [-0.2, -0.15) is 4.98 Å². The van der Waals surface area contributed by atoms with Gasteiger partial charge in [0.2, 0.25) is 11.8 Å². The summed E-state index contributed by atoms with van der Waals surface area (Å²) in [5, 5.41) is 0. The van der Waals surface area contributed by atoms with E-state index in [1.165, 1.54) is 0 Å². The Hall–Kier alpha value is -2.69. The number of aromatic nitrogens is 3. The van der Waals surface area contributed by atoms with Crippen LogP contribution < -0.4 is 9.47 Å². The Kier molecular flexibility index (Phi) is 3.16. The number of methoxy groups -OCH3 is 2. The lowest BCUT2D eigenvalue weighted by Gasteiger charge is -2.08. The van der Waals surface area contributed by atoms with Gasteiger partial charge in [-0.1, -0.05) is 12.1 Å². The summed E-state index contributed by atoms with van der Waals surface area (Å²) in [7, 11) is 3.14. The first-order chi connectivity index (χ1) is 9.81. The van der Waals surface area contributed by atoms with Crippen LogP contribution in [0.15, 0.2) is 42.6 Å². The molecule has 100 valence electrons. The fourth-order valence-electron chi connectivity index (χ4n) is 1.97. The Morgan fingerprint density at radius 2 is 1.65 bits per heavy atom. The van der Waals surface area contributed by atoms with E-state index in [2.05, 4.69) is 15.0 Å². The van der Waals surface area contributed by atoms with E-state index in [0.717, 1.165) is 22.3 Å². The Morgan fingerprint density at radius 1 is 0.850 bits per heavy atom. The minimum Gasteiger partial charge on any atom is -0.481 e. The number of para-hydroxylation sites is 2. The van der Waals surface area contributed by atoms with Crippen molar-refractivity contribution in [2.75, 3.05) is 14.2 Å². The zero-order valence-electron chi connectivity index (χ0n) is 11.2. The molecule has 0 radical (unpaired) electrons. The van der Waals surface area contributed by atoms with Crippen molar-refractivity contribution in [3.8, 4) is 23.0 Å². The highest BCUT2D eigenvalue weighted by Crippen LogP contribution is 2.29. The molecule has 2 heterocycles. The molecule has 0 spiro atoms. The largest absolute Gasteiger partial charge is 0.481 e. The number of fused-ring (bicyclic) bond motifs is 1. The topological polar surface area (TPSA) is 57.1 Å². The fraction of sp³-hybridized carbons (Fsp3) is 0.133. The molecule has 2 aromatic heterocycles. The molecule has 20 heavy (non-hydrogen) atoms. The van der Waals surface area contributed by atoms with Crippen molar-refractivity contribution in [2.24, 2.45) is 0 Å². The number of hydrogen-bond acceptors (Lipinski definition) is 5. The fourth-order valence-corrected chi connectivity index (χ4v) is 1.97. The summed E-state index contributed by atoms with van der Waals surface area (Å²) in [6.07, 6.45) is 1.72. The van der Waals surface area contributed by atoms with Gasteiger partial charge in [0.25, 0.3) is 0 Å². The lowest BCUT2D eigenvalue weighted by atomic mass is 10.2. The van der Waals surface area contributed by atoms with Crippen LogP contribution in [0.25, 0.3) is 22.3 Å². The Bertz CT molecular complexity index is 759. The smallest absolute Gasteiger partial charge is 0.226 e. The second-order valence-electron chi connectivity index (χ2n) is 4.15. The first-order valence-electron chi connectivity index (χ1n) is 6.13. The molecule has 5 heteroatoms. The molecule has 0 aliphatic carbocycles. The van der Waals surface area contributed by atoms with Crippen LogP contribution in [-0.2, 0) is 0 Å². The molecule has 0 saturated carbocycles. The molecule has 0 unspecified atom stereocenters. The molecule has 0 saturated heterocycles. The zero-order chi connectivity index (χ0) is 13.9. The molecule has 0 aliphatic rings. The normalized spacial score (nSPS) is 10.5. The Balaban J connectivity index is 2.14. The lowest BCUT2D eigenvalue weighted by Crippen LogP contribution is -1.96. The summed E-state index contributed by atoms with van der Waals surface area (Å²) in [6, 6.07) is 11.4. The van der Waals surface area contributed by atoms with E-state index in [0.29, 0.717) is 11.8 Å². The minimum atomic E-state index is 0.467. The zero-order valence-corrected chi connectivity index (χ0v) is 11.2. The first-order valence-corrected chi connectivity index (χ1v) is 6.13. The van der Waals surface area contributed by atoms with E-state index < -0.39 is 0 Å². The summed E-state index contributed by atoms with van der Waals surface area (Å²) < 4.78 is 10.4. The van der Waals surface area contributed by atoms with Crippen LogP contribution in [0.4, 0.5) is 0 Å². The molecule has 0 atom stereocenters. The van der Waals surface area contributed by atoms with E-state index in [4.69, 9.17) is 9.47 Å². The van der Waals surface area contributed by atoms with Crippen molar-refractivity contribution in [1.29, 1.82) is 0 Å². The van der Waals surface area contributed by atoms with Gasteiger partial charge in [0.15, 0.2) is 0 Å². The molecule has 3 aromatic rings. The number of hydrogen-bond donors (Lipinski definition) is 0. The van der Waals surface area contributed by atoms with Gasteiger partial charge >= 0.3 is 0 Å². The van der Waals surface area contributed by atoms with Crippen LogP contribution in [0, 0.1) is 0 Å². The maximum absolute atomic E-state index is 5.30. The van der Waals surface area contributed by atoms with Gasteiger partial charge in [-0.05, 0) is 18.2 Å². The van der Waals surface area contributed by atoms with Crippen LogP contribution in [-0.4, -0.2) is 29.2 Å². The molecule has 0 aliphatic heterocycles. The number of nitrogens with zero attached hydrogens (tertiary/aromatic N) is 3. The number of pyridine rings is 1. The highest BCUT2D eigenvalue weighted by atomic mass is 16.5. The number of ether oxygens (including phenoxy) is 2. The van der Waals surface area contributed by atoms with Crippen molar-refractivity contribution in [1.82, 2.24) is 15.0 Å². The van der Waals surface area contributed by atoms with Crippen LogP contribution in [0.1, 0.15) is 0 Å². The monoisotopic (exact) mass is 267 g/mol. The summed E-state index contributed by atoms with van der Waals surface area (Å²) in [5.74, 6) is 0.966. The van der Waals surface area contributed by atoms with E-state index >= 15 is 0 Å². The maximum Gasteiger partial charge on any atom is 0.226 e. The lowest BCUT2D eigenvalue weighted by molar-refractivity contribution is 0.366. The maximum atomic E-state index is 5.30. The predicted molar refractivity (Wildman–Crippen MR) is 75.9 cm³/mol. The average Bonchev–Trinajstić information content (AvgIpc) is 2.53. The van der Waals surface area contributed by atoms with Crippen LogP contribution in [0.5, 0.6) is 11.8 Å². The summed E-state index contributed by atoms with van der Waals surface area (Å²) in [6.45, 7) is 0. The summed E-state index contributed by atoms with van der Waals surface area (Å²) in [4.78, 5) is 13.2. The van der Waals surface area contributed by atoms with Gasteiger partial charge in [0, 0.05) is 6.07 Å². The van der Waals surface area contributed by atoms with E-state index in [1.807, 2.05) is 30.3 Å². The van der Waals surface area contributed by atoms with Crippen LogP contribution >= 0.6 is 0 Å². The van der Waals surface area contributed by atoms with Crippen molar-refractivity contribution in [3.05, 3.63) is 42.6 Å². The minimum absolute atomic E-state index is 0.467. The molecule has 0 N–H and O–H groups in total. The quantitative estimate of drug-likeness (QED) is 0.730. The highest BCUT2D eigenvalue weighted by molar-refractivity contribution is 5.77. The van der Waals surface area contributed by atoms with Crippen molar-refractivity contribution >= 4 is 11.0 Å². The van der Waals surface area contributed by atoms with Gasteiger partial charge in [-0.15, -0.1) is 0 Å². The molecule has 0 bridgehead atoms. The van der Waals surface area contributed by atoms with E-state index in [9.17, 15) is 0 Å². The van der Waals surface area contributed by atoms with Crippen molar-refractivity contribution in [2.45, 2.75) is 0 Å². The van der Waals surface area contributed by atoms with Gasteiger partial charge in [0.1, 0.15) is 0 Å². The summed E-state index contributed by atoms with van der Waals surface area (Å²) in [5.41, 5.74) is 3.20. The third-order valence-electron chi connectivity index (χ3n) is 2.96. The first kappa shape index (κ1) is 12.3. The van der Waals surface area contributed by atoms with E-state index in [-0.39, 0.29) is 0 Å². The molecule has 0 amide bonds. The highest BCUT2D eigenvalue weighted by Gasteiger charge is 2.11. The number of benzene rings is 1. The molecule has 0 fully saturated rings. The van der Waals surface area contributed by atoms with Gasteiger partial charge in [-0.3, -0.25) is 4.98 Å². The third kappa shape index (κ3) is 2.14. The predicted octanol–water partition coefficient (Wildman–Crippen LogP) is 2.71. The summed E-state index contributed by atoms with van der Waals surface area (Å²) >= 11 is 0. The van der Waals surface area contributed by atoms with Crippen LogP contribution in [0.2, 0.25) is 0 Å². The van der Waals surface area contributed by atoms with Gasteiger partial charge < -0.3 is 9.47 Å². The molecule has 3 rings (SSSR count). The Morgan fingerprint density at radius 3 is 2.40 bits per heavy atom. The second-order valence-corrected chi connectivity index (χ2v) is 4.15. The molecule has 1 aromatic carbocycles. The standard InChI is InChI=1S/C15H13N3O2/c1-19-14-8-7-10(15(18-14)20-2)13-9-16-11-5-3-4-6-12(11)17-13/h3-9H,1-2H3. The number of rotatable bonds is 3. The van der Waals surface area contributed by atoms with Gasteiger partial charge in [-0.25, -0.2) is 4.98 Å². The molecule has 5 nitrogen and oxygen atoms in total. The average molecular weight is 267 g/mol. The molecular weight excluding hydrogens is 254 g/mol. The van der Waals surface area contributed by atoms with Crippen LogP contribution in [0.3, 0.4) is 0 Å². The van der Waals surface area contributed by atoms with E-state index in [1.54, 1.807) is 26.5 Å². The molecular formula is C15H13N3O2. The second kappa shape index (κ2) is 5.13. The Labute approximate surface area is 116 Å². The van der Waals surface area contributed by atoms with Crippen molar-refractivity contribution < 1.29 is 9.47 Å². The van der Waals surface area contributed by atoms with Gasteiger partial charge in [0.05, 0.1) is 42.7 Å².